The highest BCUT2D eigenvalue weighted by molar-refractivity contribution is 9.13. The monoisotopic (exact) mass is 262 g/mol. The lowest BCUT2D eigenvalue weighted by Crippen LogP contribution is -1.78. The standard InChI is InChI=1S/C8H8Br2/c1-2-6-3-4-7(9)8(10)5-6/h3-5H,2H2,1H3. The highest BCUT2D eigenvalue weighted by Crippen LogP contribution is 2.23. The predicted octanol–water partition coefficient (Wildman–Crippen LogP) is 3.77. The molecule has 0 N–H and O–H groups in total. The van der Waals surface area contributed by atoms with Gasteiger partial charge in [-0.15, -0.1) is 0 Å². The minimum atomic E-state index is 1.09. The molecule has 0 heterocycles. The smallest absolute Gasteiger partial charge is 0.0320 e. The van der Waals surface area contributed by atoms with Crippen LogP contribution >= 0.6 is 31.9 Å². The summed E-state index contributed by atoms with van der Waals surface area (Å²) in [6.45, 7) is 2.15. The van der Waals surface area contributed by atoms with Crippen LogP contribution in [0.3, 0.4) is 0 Å². The van der Waals surface area contributed by atoms with Crippen molar-refractivity contribution in [1.82, 2.24) is 0 Å². The minimum absolute atomic E-state index is 1.09. The maximum Gasteiger partial charge on any atom is 0.0320 e. The zero-order valence-electron chi connectivity index (χ0n) is 5.70. The van der Waals surface area contributed by atoms with Gasteiger partial charge < -0.3 is 0 Å². The molecule has 0 saturated carbocycles. The fourth-order valence-electron chi connectivity index (χ4n) is 0.760. The number of rotatable bonds is 1. The summed E-state index contributed by atoms with van der Waals surface area (Å²) >= 11 is 6.85. The molecular weight excluding hydrogens is 256 g/mol. The zero-order chi connectivity index (χ0) is 7.56. The van der Waals surface area contributed by atoms with Crippen LogP contribution in [0.25, 0.3) is 0 Å². The molecular formula is C8H8Br2. The molecule has 0 amide bonds. The molecule has 0 saturated heterocycles. The van der Waals surface area contributed by atoms with Gasteiger partial charge in [-0.3, -0.25) is 0 Å². The van der Waals surface area contributed by atoms with Crippen LogP contribution in [0.4, 0.5) is 0 Å². The van der Waals surface area contributed by atoms with E-state index >= 15 is 0 Å². The molecule has 0 spiro atoms. The molecule has 0 nitrogen and oxygen atoms in total. The van der Waals surface area contributed by atoms with E-state index in [1.807, 2.05) is 0 Å². The Labute approximate surface area is 77.9 Å². The van der Waals surface area contributed by atoms with Gasteiger partial charge in [0.2, 0.25) is 0 Å². The van der Waals surface area contributed by atoms with Crippen LogP contribution in [0, 0.1) is 0 Å². The lowest BCUT2D eigenvalue weighted by molar-refractivity contribution is 1.13. The van der Waals surface area contributed by atoms with Crippen molar-refractivity contribution >= 4 is 31.9 Å². The predicted molar refractivity (Wildman–Crippen MR) is 51.2 cm³/mol. The number of benzene rings is 1. The maximum atomic E-state index is 3.44. The van der Waals surface area contributed by atoms with Crippen molar-refractivity contribution in [3.63, 3.8) is 0 Å². The highest BCUT2D eigenvalue weighted by atomic mass is 79.9. The average molecular weight is 264 g/mol. The van der Waals surface area contributed by atoms with E-state index in [4.69, 9.17) is 0 Å². The zero-order valence-corrected chi connectivity index (χ0v) is 8.87. The van der Waals surface area contributed by atoms with Crippen molar-refractivity contribution in [3.8, 4) is 0 Å². The van der Waals surface area contributed by atoms with Crippen LogP contribution in [0.1, 0.15) is 12.5 Å². The summed E-state index contributed by atoms with van der Waals surface area (Å²) in [5.41, 5.74) is 1.36. The van der Waals surface area contributed by atoms with Gasteiger partial charge in [0.25, 0.3) is 0 Å². The summed E-state index contributed by atoms with van der Waals surface area (Å²) in [5, 5.41) is 0. The Morgan fingerprint density at radius 2 is 1.90 bits per heavy atom. The number of hydrogen-bond acceptors (Lipinski definition) is 0. The molecule has 0 atom stereocenters. The first-order chi connectivity index (χ1) is 4.74. The molecule has 0 aliphatic heterocycles. The van der Waals surface area contributed by atoms with Crippen molar-refractivity contribution in [2.24, 2.45) is 0 Å². The van der Waals surface area contributed by atoms with Crippen LogP contribution in [0.15, 0.2) is 27.1 Å². The topological polar surface area (TPSA) is 0 Å². The second-order valence-corrected chi connectivity index (χ2v) is 3.81. The van der Waals surface area contributed by atoms with Crippen LogP contribution in [-0.4, -0.2) is 0 Å². The number of halogens is 2. The lowest BCUT2D eigenvalue weighted by Gasteiger charge is -1.98. The number of hydrogen-bond donors (Lipinski definition) is 0. The van der Waals surface area contributed by atoms with Gasteiger partial charge in [-0.2, -0.15) is 0 Å². The first-order valence-corrected chi connectivity index (χ1v) is 4.76. The Morgan fingerprint density at radius 3 is 2.40 bits per heavy atom. The maximum absolute atomic E-state index is 3.44. The molecule has 0 aromatic heterocycles. The van der Waals surface area contributed by atoms with E-state index in [1.165, 1.54) is 5.56 Å². The van der Waals surface area contributed by atoms with Gasteiger partial charge in [-0.05, 0) is 56.0 Å². The van der Waals surface area contributed by atoms with E-state index < -0.39 is 0 Å². The summed E-state index contributed by atoms with van der Waals surface area (Å²) < 4.78 is 2.25. The molecule has 0 unspecified atom stereocenters. The fraction of sp³-hybridized carbons (Fsp3) is 0.250. The summed E-state index contributed by atoms with van der Waals surface area (Å²) in [7, 11) is 0. The fourth-order valence-corrected chi connectivity index (χ4v) is 1.43. The van der Waals surface area contributed by atoms with Crippen molar-refractivity contribution in [1.29, 1.82) is 0 Å². The van der Waals surface area contributed by atoms with E-state index in [0.29, 0.717) is 0 Å². The molecule has 0 aliphatic rings. The Morgan fingerprint density at radius 1 is 1.20 bits per heavy atom. The van der Waals surface area contributed by atoms with Crippen LogP contribution in [0.5, 0.6) is 0 Å². The van der Waals surface area contributed by atoms with Gasteiger partial charge >= 0.3 is 0 Å². The molecule has 0 aliphatic carbocycles. The van der Waals surface area contributed by atoms with E-state index in [1.54, 1.807) is 0 Å². The highest BCUT2D eigenvalue weighted by Gasteiger charge is 1.95. The Balaban J connectivity index is 3.04. The molecule has 0 radical (unpaired) electrons. The van der Waals surface area contributed by atoms with Gasteiger partial charge in [0.1, 0.15) is 0 Å². The van der Waals surface area contributed by atoms with E-state index in [-0.39, 0.29) is 0 Å². The van der Waals surface area contributed by atoms with Crippen LogP contribution in [0.2, 0.25) is 0 Å². The van der Waals surface area contributed by atoms with Gasteiger partial charge in [-0.25, -0.2) is 0 Å². The third kappa shape index (κ3) is 1.83. The summed E-state index contributed by atoms with van der Waals surface area (Å²) in [4.78, 5) is 0. The molecule has 1 aromatic rings. The third-order valence-corrected chi connectivity index (χ3v) is 3.27. The molecule has 10 heavy (non-hydrogen) atoms. The van der Waals surface area contributed by atoms with E-state index in [2.05, 4.69) is 57.0 Å². The summed E-state index contributed by atoms with van der Waals surface area (Å²) in [6.07, 6.45) is 1.09. The first kappa shape index (κ1) is 8.28. The normalized spacial score (nSPS) is 9.90. The van der Waals surface area contributed by atoms with Crippen LogP contribution < -0.4 is 0 Å². The Kier molecular flexibility index (Phi) is 2.93. The third-order valence-electron chi connectivity index (χ3n) is 1.39. The van der Waals surface area contributed by atoms with Crippen molar-refractivity contribution in [3.05, 3.63) is 32.7 Å². The van der Waals surface area contributed by atoms with Gasteiger partial charge in [0, 0.05) is 8.95 Å². The quantitative estimate of drug-likeness (QED) is 0.724. The molecule has 2 heteroatoms. The number of aryl methyl sites for hydroxylation is 1. The second kappa shape index (κ2) is 3.54. The van der Waals surface area contributed by atoms with Crippen LogP contribution in [-0.2, 0) is 6.42 Å². The lowest BCUT2D eigenvalue weighted by atomic mass is 10.2. The largest absolute Gasteiger partial charge is 0.0613 e. The summed E-state index contributed by atoms with van der Waals surface area (Å²) in [5.74, 6) is 0. The van der Waals surface area contributed by atoms with E-state index in [9.17, 15) is 0 Å². The van der Waals surface area contributed by atoms with E-state index in [0.717, 1.165) is 15.4 Å². The molecule has 1 aromatic carbocycles. The average Bonchev–Trinajstić information content (AvgIpc) is 1.95. The molecule has 54 valence electrons. The van der Waals surface area contributed by atoms with Gasteiger partial charge in [0.05, 0.1) is 0 Å². The van der Waals surface area contributed by atoms with Gasteiger partial charge in [-0.1, -0.05) is 13.0 Å². The van der Waals surface area contributed by atoms with Crippen molar-refractivity contribution in [2.75, 3.05) is 0 Å². The molecule has 0 fully saturated rings. The molecule has 1 rings (SSSR count). The minimum Gasteiger partial charge on any atom is -0.0613 e. The van der Waals surface area contributed by atoms with Crippen molar-refractivity contribution < 1.29 is 0 Å². The van der Waals surface area contributed by atoms with Gasteiger partial charge in [0.15, 0.2) is 0 Å². The second-order valence-electron chi connectivity index (χ2n) is 2.10. The molecule has 0 bridgehead atoms. The first-order valence-electron chi connectivity index (χ1n) is 3.18. The van der Waals surface area contributed by atoms with Crippen molar-refractivity contribution in [2.45, 2.75) is 13.3 Å². The Bertz CT molecular complexity index is 231. The Hall–Kier alpha value is 0.180. The summed E-state index contributed by atoms with van der Waals surface area (Å²) in [6, 6.07) is 6.31. The SMILES string of the molecule is CCc1ccc(Br)c(Br)c1.